The highest BCUT2D eigenvalue weighted by Gasteiger charge is 2.15. The summed E-state index contributed by atoms with van der Waals surface area (Å²) in [6.07, 6.45) is -0.421. The van der Waals surface area contributed by atoms with E-state index < -0.39 is 41.0 Å². The number of halogens is 5. The largest absolute Gasteiger partial charge is 0.486 e. The lowest BCUT2D eigenvalue weighted by molar-refractivity contribution is -0.115. The van der Waals surface area contributed by atoms with Crippen LogP contribution in [0.25, 0.3) is 0 Å². The van der Waals surface area contributed by atoms with E-state index in [1.807, 2.05) is 0 Å². The maximum absolute atomic E-state index is 13.6. The maximum Gasteiger partial charge on any atom is 0.243 e. The molecule has 0 saturated heterocycles. The molecule has 0 saturated carbocycles. The summed E-state index contributed by atoms with van der Waals surface area (Å²) in [6, 6.07) is 7.60. The molecular weight excluding hydrogens is 519 g/mol. The number of nitrogens with zero attached hydrogens (tertiary/aromatic N) is 1. The van der Waals surface area contributed by atoms with Gasteiger partial charge in [0.2, 0.25) is 5.91 Å². The van der Waals surface area contributed by atoms with Gasteiger partial charge in [0.15, 0.2) is 35.0 Å². The van der Waals surface area contributed by atoms with Crippen molar-refractivity contribution in [3.05, 3.63) is 59.7 Å². The van der Waals surface area contributed by atoms with E-state index in [0.29, 0.717) is 6.07 Å². The van der Waals surface area contributed by atoms with Crippen LogP contribution in [0.2, 0.25) is 0 Å². The molecule has 6 nitrogen and oxygen atoms in total. The van der Waals surface area contributed by atoms with E-state index in [0.717, 1.165) is 6.07 Å². The van der Waals surface area contributed by atoms with Crippen molar-refractivity contribution in [3.8, 4) is 5.75 Å². The van der Waals surface area contributed by atoms with Crippen LogP contribution in [0.1, 0.15) is 6.92 Å². The van der Waals surface area contributed by atoms with Gasteiger partial charge in [-0.25, -0.2) is 17.6 Å². The summed E-state index contributed by atoms with van der Waals surface area (Å²) < 4.78 is 58.7. The van der Waals surface area contributed by atoms with Crippen LogP contribution in [0.3, 0.4) is 0 Å². The Morgan fingerprint density at radius 3 is 2.40 bits per heavy atom. The zero-order valence-corrected chi connectivity index (χ0v) is 18.5. The normalized spacial score (nSPS) is 11.9. The molecule has 2 aromatic rings. The predicted molar refractivity (Wildman–Crippen MR) is 116 cm³/mol. The SMILES string of the molecule is CN=C(NCC(=O)Nc1ccc(F)c(F)c1F)NCC(C)Oc1ccccc1F.I. The molecule has 11 heteroatoms. The Bertz CT molecular complexity index is 899. The fourth-order valence-electron chi connectivity index (χ4n) is 2.24. The molecule has 1 atom stereocenters. The number of nitrogens with one attached hydrogen (secondary N) is 3. The van der Waals surface area contributed by atoms with E-state index in [1.54, 1.807) is 19.1 Å². The summed E-state index contributed by atoms with van der Waals surface area (Å²) in [4.78, 5) is 15.8. The van der Waals surface area contributed by atoms with Crippen molar-refractivity contribution in [1.82, 2.24) is 10.6 Å². The van der Waals surface area contributed by atoms with Crippen LogP contribution in [0, 0.1) is 23.3 Å². The lowest BCUT2D eigenvalue weighted by Crippen LogP contribution is -2.44. The summed E-state index contributed by atoms with van der Waals surface area (Å²) in [6.45, 7) is 1.64. The topological polar surface area (TPSA) is 74.8 Å². The van der Waals surface area contributed by atoms with Crippen molar-refractivity contribution in [1.29, 1.82) is 0 Å². The number of benzene rings is 2. The smallest absolute Gasteiger partial charge is 0.243 e. The number of rotatable bonds is 7. The Kier molecular flexibility index (Phi) is 10.4. The van der Waals surface area contributed by atoms with Crippen molar-refractivity contribution in [2.24, 2.45) is 4.99 Å². The molecule has 0 spiro atoms. The molecule has 2 rings (SSSR count). The number of hydrogen-bond acceptors (Lipinski definition) is 3. The minimum absolute atomic E-state index is 0. The van der Waals surface area contributed by atoms with Crippen LogP contribution in [-0.2, 0) is 4.79 Å². The highest BCUT2D eigenvalue weighted by Crippen LogP contribution is 2.19. The second-order valence-corrected chi connectivity index (χ2v) is 5.94. The maximum atomic E-state index is 13.6. The number of aliphatic imine (C=N–C) groups is 1. The number of guanidine groups is 1. The van der Waals surface area contributed by atoms with Gasteiger partial charge in [-0.15, -0.1) is 24.0 Å². The third-order valence-corrected chi connectivity index (χ3v) is 3.67. The standard InChI is InChI=1S/C19H20F4N4O2.HI/c1-11(29-15-6-4-3-5-12(15)20)9-25-19(24-2)26-10-16(28)27-14-8-7-13(21)17(22)18(14)23;/h3-8,11H,9-10H2,1-2H3,(H,27,28)(H2,24,25,26);1H. The predicted octanol–water partition coefficient (Wildman–Crippen LogP) is 3.43. The van der Waals surface area contributed by atoms with Crippen LogP contribution >= 0.6 is 24.0 Å². The molecule has 0 aliphatic carbocycles. The molecule has 0 aliphatic rings. The lowest BCUT2D eigenvalue weighted by Gasteiger charge is -2.18. The monoisotopic (exact) mass is 540 g/mol. The highest BCUT2D eigenvalue weighted by molar-refractivity contribution is 14.0. The Morgan fingerprint density at radius 1 is 1.03 bits per heavy atom. The van der Waals surface area contributed by atoms with Crippen LogP contribution in [0.4, 0.5) is 23.2 Å². The van der Waals surface area contributed by atoms with E-state index in [1.165, 1.54) is 19.2 Å². The second-order valence-electron chi connectivity index (χ2n) is 5.94. The molecule has 3 N–H and O–H groups in total. The van der Waals surface area contributed by atoms with E-state index >= 15 is 0 Å². The van der Waals surface area contributed by atoms with Crippen LogP contribution in [-0.4, -0.2) is 38.1 Å². The Balaban J connectivity index is 0.00000450. The van der Waals surface area contributed by atoms with Gasteiger partial charge >= 0.3 is 0 Å². The fraction of sp³-hybridized carbons (Fsp3) is 0.263. The number of para-hydroxylation sites is 1. The summed E-state index contributed by atoms with van der Waals surface area (Å²) in [7, 11) is 1.46. The van der Waals surface area contributed by atoms with Gasteiger partial charge in [-0.2, -0.15) is 0 Å². The first kappa shape index (κ1) is 25.5. The van der Waals surface area contributed by atoms with Gasteiger partial charge in [-0.3, -0.25) is 9.79 Å². The van der Waals surface area contributed by atoms with Gasteiger partial charge in [0, 0.05) is 7.05 Å². The highest BCUT2D eigenvalue weighted by atomic mass is 127. The Hall–Kier alpha value is -2.57. The van der Waals surface area contributed by atoms with Gasteiger partial charge in [-0.1, -0.05) is 12.1 Å². The molecule has 0 aromatic heterocycles. The van der Waals surface area contributed by atoms with Crippen LogP contribution < -0.4 is 20.7 Å². The Labute approximate surface area is 188 Å². The van der Waals surface area contributed by atoms with Crippen molar-refractivity contribution in [2.45, 2.75) is 13.0 Å². The minimum Gasteiger partial charge on any atom is -0.486 e. The molecule has 30 heavy (non-hydrogen) atoms. The first-order valence-corrected chi connectivity index (χ1v) is 8.60. The second kappa shape index (κ2) is 12.2. The van der Waals surface area contributed by atoms with E-state index in [2.05, 4.69) is 20.9 Å². The van der Waals surface area contributed by atoms with Gasteiger partial charge in [0.25, 0.3) is 0 Å². The molecule has 0 aliphatic heterocycles. The molecule has 0 fully saturated rings. The molecular formula is C19H21F4IN4O2. The van der Waals surface area contributed by atoms with Crippen LogP contribution in [0.5, 0.6) is 5.75 Å². The van der Waals surface area contributed by atoms with Crippen molar-refractivity contribution in [3.63, 3.8) is 0 Å². The molecule has 0 bridgehead atoms. The molecule has 2 aromatic carbocycles. The average molecular weight is 540 g/mol. The third kappa shape index (κ3) is 7.35. The fourth-order valence-corrected chi connectivity index (χ4v) is 2.24. The van der Waals surface area contributed by atoms with Gasteiger partial charge in [-0.05, 0) is 31.2 Å². The summed E-state index contributed by atoms with van der Waals surface area (Å²) >= 11 is 0. The zero-order chi connectivity index (χ0) is 21.4. The third-order valence-electron chi connectivity index (χ3n) is 3.67. The molecule has 1 unspecified atom stereocenters. The number of carbonyl (C=O) groups is 1. The zero-order valence-electron chi connectivity index (χ0n) is 16.1. The summed E-state index contributed by atoms with van der Waals surface area (Å²) in [5.41, 5.74) is -0.481. The van der Waals surface area contributed by atoms with E-state index in [9.17, 15) is 22.4 Å². The number of anilines is 1. The van der Waals surface area contributed by atoms with Gasteiger partial charge in [0.1, 0.15) is 6.10 Å². The average Bonchev–Trinajstić information content (AvgIpc) is 2.70. The van der Waals surface area contributed by atoms with Crippen molar-refractivity contribution in [2.75, 3.05) is 25.5 Å². The van der Waals surface area contributed by atoms with Gasteiger partial charge < -0.3 is 20.7 Å². The number of amides is 1. The molecule has 0 heterocycles. The molecule has 0 radical (unpaired) electrons. The van der Waals surface area contributed by atoms with Crippen molar-refractivity contribution < 1.29 is 27.1 Å². The molecule has 164 valence electrons. The lowest BCUT2D eigenvalue weighted by atomic mass is 10.2. The minimum atomic E-state index is -1.67. The van der Waals surface area contributed by atoms with Gasteiger partial charge in [0.05, 0.1) is 18.8 Å². The first-order chi connectivity index (χ1) is 13.8. The first-order valence-electron chi connectivity index (χ1n) is 8.60. The number of ether oxygens (including phenoxy) is 1. The summed E-state index contributed by atoms with van der Waals surface area (Å²) in [5, 5.41) is 7.69. The van der Waals surface area contributed by atoms with Crippen LogP contribution in [0.15, 0.2) is 41.4 Å². The summed E-state index contributed by atoms with van der Waals surface area (Å²) in [5.74, 6) is -5.35. The Morgan fingerprint density at radius 2 is 1.73 bits per heavy atom. The van der Waals surface area contributed by atoms with E-state index in [4.69, 9.17) is 4.74 Å². The molecule has 1 amide bonds. The quantitative estimate of drug-likeness (QED) is 0.166. The van der Waals surface area contributed by atoms with E-state index in [-0.39, 0.29) is 48.8 Å². The number of hydrogen-bond donors (Lipinski definition) is 3. The van der Waals surface area contributed by atoms with Crippen molar-refractivity contribution >= 4 is 41.5 Å². The number of carbonyl (C=O) groups excluding carboxylic acids is 1.